The number of rotatable bonds is 12. The number of carbonyl (C=O) groups excluding carboxylic acids is 1. The molecule has 0 aliphatic heterocycles. The molecule has 0 heterocycles. The summed E-state index contributed by atoms with van der Waals surface area (Å²) in [5.41, 5.74) is 2.70. The van der Waals surface area contributed by atoms with E-state index in [9.17, 15) is 17.6 Å². The van der Waals surface area contributed by atoms with Crippen LogP contribution in [0.5, 0.6) is 11.5 Å². The summed E-state index contributed by atoms with van der Waals surface area (Å²) in [6, 6.07) is 29.0. The molecular formula is C30H29FN2O5S. The summed E-state index contributed by atoms with van der Waals surface area (Å²) in [6.07, 6.45) is 1.16. The first kappa shape index (κ1) is 27.7. The number of nitrogens with zero attached hydrogens (tertiary/aromatic N) is 1. The van der Waals surface area contributed by atoms with E-state index in [0.717, 1.165) is 17.4 Å². The van der Waals surface area contributed by atoms with E-state index in [4.69, 9.17) is 9.47 Å². The van der Waals surface area contributed by atoms with Crippen LogP contribution in [0.3, 0.4) is 0 Å². The van der Waals surface area contributed by atoms with Gasteiger partial charge >= 0.3 is 0 Å². The van der Waals surface area contributed by atoms with Gasteiger partial charge < -0.3 is 14.8 Å². The second-order valence-electron chi connectivity index (χ2n) is 8.79. The summed E-state index contributed by atoms with van der Waals surface area (Å²) in [7, 11) is -3.57. The van der Waals surface area contributed by atoms with Crippen LogP contribution in [0, 0.1) is 5.82 Å². The van der Waals surface area contributed by atoms with E-state index < -0.39 is 10.0 Å². The maximum atomic E-state index is 13.0. The zero-order chi connectivity index (χ0) is 27.7. The topological polar surface area (TPSA) is 84.9 Å². The van der Waals surface area contributed by atoms with Crippen LogP contribution in [-0.2, 0) is 23.2 Å². The van der Waals surface area contributed by atoms with Crippen molar-refractivity contribution in [2.45, 2.75) is 13.2 Å². The summed E-state index contributed by atoms with van der Waals surface area (Å²) in [5.74, 6) is 0.519. The number of nitrogens with one attached hydrogen (secondary N) is 1. The molecule has 4 aromatic carbocycles. The lowest BCUT2D eigenvalue weighted by Gasteiger charge is -2.23. The van der Waals surface area contributed by atoms with Crippen LogP contribution in [0.4, 0.5) is 10.1 Å². The predicted octanol–water partition coefficient (Wildman–Crippen LogP) is 5.18. The largest absolute Gasteiger partial charge is 0.492 e. The van der Waals surface area contributed by atoms with E-state index in [2.05, 4.69) is 5.32 Å². The van der Waals surface area contributed by atoms with Crippen molar-refractivity contribution in [3.05, 3.63) is 126 Å². The minimum absolute atomic E-state index is 0.108. The van der Waals surface area contributed by atoms with Gasteiger partial charge in [-0.25, -0.2) is 12.8 Å². The Morgan fingerprint density at radius 2 is 1.41 bits per heavy atom. The SMILES string of the molecule is CS(=O)(=O)N(Cc1ccc(C(=O)NCCOc2ccc(F)cc2)cc1)c1ccc(OCc2ccccc2)cc1. The summed E-state index contributed by atoms with van der Waals surface area (Å²) in [5, 5.41) is 2.76. The average Bonchev–Trinajstić information content (AvgIpc) is 2.94. The van der Waals surface area contributed by atoms with E-state index in [1.165, 1.54) is 28.6 Å². The van der Waals surface area contributed by atoms with Crippen LogP contribution in [0.1, 0.15) is 21.5 Å². The van der Waals surface area contributed by atoms with Gasteiger partial charge in [0.25, 0.3) is 5.91 Å². The summed E-state index contributed by atoms with van der Waals surface area (Å²) >= 11 is 0. The highest BCUT2D eigenvalue weighted by Gasteiger charge is 2.18. The van der Waals surface area contributed by atoms with Crippen molar-refractivity contribution in [2.24, 2.45) is 0 Å². The fourth-order valence-corrected chi connectivity index (χ4v) is 4.63. The maximum absolute atomic E-state index is 13.0. The predicted molar refractivity (Wildman–Crippen MR) is 149 cm³/mol. The molecule has 4 rings (SSSR count). The second-order valence-corrected chi connectivity index (χ2v) is 10.7. The molecule has 0 spiro atoms. The van der Waals surface area contributed by atoms with Gasteiger partial charge in [0.2, 0.25) is 10.0 Å². The van der Waals surface area contributed by atoms with E-state index >= 15 is 0 Å². The molecule has 0 saturated heterocycles. The first-order valence-corrected chi connectivity index (χ1v) is 14.1. The molecule has 202 valence electrons. The Morgan fingerprint density at radius 1 is 0.795 bits per heavy atom. The van der Waals surface area contributed by atoms with Gasteiger partial charge in [0, 0.05) is 5.56 Å². The Morgan fingerprint density at radius 3 is 2.05 bits per heavy atom. The van der Waals surface area contributed by atoms with E-state index in [-0.39, 0.29) is 31.4 Å². The Bertz CT molecular complexity index is 1460. The van der Waals surface area contributed by atoms with Gasteiger partial charge in [0.15, 0.2) is 0 Å². The number of amides is 1. The highest BCUT2D eigenvalue weighted by molar-refractivity contribution is 7.92. The van der Waals surface area contributed by atoms with Gasteiger partial charge in [-0.15, -0.1) is 0 Å². The van der Waals surface area contributed by atoms with Crippen LogP contribution in [-0.4, -0.2) is 33.7 Å². The molecule has 0 saturated carbocycles. The van der Waals surface area contributed by atoms with Crippen LogP contribution in [0.15, 0.2) is 103 Å². The van der Waals surface area contributed by atoms with Crippen molar-refractivity contribution in [2.75, 3.05) is 23.7 Å². The van der Waals surface area contributed by atoms with Crippen molar-refractivity contribution < 1.29 is 27.1 Å². The molecule has 0 atom stereocenters. The molecule has 9 heteroatoms. The number of anilines is 1. The first-order valence-electron chi connectivity index (χ1n) is 12.3. The van der Waals surface area contributed by atoms with Crippen molar-refractivity contribution in [3.63, 3.8) is 0 Å². The highest BCUT2D eigenvalue weighted by atomic mass is 32.2. The van der Waals surface area contributed by atoms with E-state index in [0.29, 0.717) is 29.4 Å². The Labute approximate surface area is 227 Å². The molecule has 0 aliphatic rings. The van der Waals surface area contributed by atoms with Gasteiger partial charge in [-0.05, 0) is 71.8 Å². The zero-order valence-corrected chi connectivity index (χ0v) is 22.2. The molecule has 39 heavy (non-hydrogen) atoms. The molecule has 0 bridgehead atoms. The number of carbonyl (C=O) groups is 1. The minimum Gasteiger partial charge on any atom is -0.492 e. The lowest BCUT2D eigenvalue weighted by molar-refractivity contribution is 0.0947. The average molecular weight is 549 g/mol. The standard InChI is InChI=1S/C30H29FN2O5S/c1-39(35,36)33(27-13-17-29(18-14-27)38-22-24-5-3-2-4-6-24)21-23-7-9-25(10-8-23)30(34)32-19-20-37-28-15-11-26(31)12-16-28/h2-18H,19-22H2,1H3,(H,32,34). The third-order valence-electron chi connectivity index (χ3n) is 5.79. The smallest absolute Gasteiger partial charge is 0.251 e. The molecular weight excluding hydrogens is 519 g/mol. The Hall–Kier alpha value is -4.37. The van der Waals surface area contributed by atoms with Gasteiger partial charge in [0.1, 0.15) is 30.5 Å². The normalized spacial score (nSPS) is 11.0. The van der Waals surface area contributed by atoms with Crippen LogP contribution in [0.2, 0.25) is 0 Å². The third-order valence-corrected chi connectivity index (χ3v) is 6.93. The Balaban J connectivity index is 1.31. The lowest BCUT2D eigenvalue weighted by atomic mass is 10.1. The summed E-state index contributed by atoms with van der Waals surface area (Å²) in [4.78, 5) is 12.5. The maximum Gasteiger partial charge on any atom is 0.251 e. The number of hydrogen-bond donors (Lipinski definition) is 1. The third kappa shape index (κ3) is 8.31. The van der Waals surface area contributed by atoms with Crippen molar-refractivity contribution in [1.82, 2.24) is 5.32 Å². The highest BCUT2D eigenvalue weighted by Crippen LogP contribution is 2.24. The zero-order valence-electron chi connectivity index (χ0n) is 21.4. The number of sulfonamides is 1. The molecule has 0 fully saturated rings. The fourth-order valence-electron chi connectivity index (χ4n) is 3.74. The minimum atomic E-state index is -3.57. The van der Waals surface area contributed by atoms with Crippen molar-refractivity contribution in [3.8, 4) is 11.5 Å². The molecule has 0 unspecified atom stereocenters. The number of ether oxygens (including phenoxy) is 2. The van der Waals surface area contributed by atoms with Crippen LogP contribution < -0.4 is 19.1 Å². The fraction of sp³-hybridized carbons (Fsp3) is 0.167. The van der Waals surface area contributed by atoms with Crippen LogP contribution in [0.25, 0.3) is 0 Å². The molecule has 0 radical (unpaired) electrons. The van der Waals surface area contributed by atoms with Gasteiger partial charge in [-0.1, -0.05) is 42.5 Å². The quantitative estimate of drug-likeness (QED) is 0.247. The van der Waals surface area contributed by atoms with E-state index in [1.807, 2.05) is 30.3 Å². The van der Waals surface area contributed by atoms with Gasteiger partial charge in [0.05, 0.1) is 25.0 Å². The molecule has 7 nitrogen and oxygen atoms in total. The molecule has 0 aromatic heterocycles. The number of benzene rings is 4. The van der Waals surface area contributed by atoms with Crippen molar-refractivity contribution in [1.29, 1.82) is 0 Å². The summed E-state index contributed by atoms with van der Waals surface area (Å²) in [6.45, 7) is 1.02. The van der Waals surface area contributed by atoms with Crippen molar-refractivity contribution >= 4 is 21.6 Å². The molecule has 0 aliphatic carbocycles. The van der Waals surface area contributed by atoms with Gasteiger partial charge in [-0.2, -0.15) is 0 Å². The Kier molecular flexibility index (Phi) is 9.17. The van der Waals surface area contributed by atoms with Gasteiger partial charge in [-0.3, -0.25) is 9.10 Å². The second kappa shape index (κ2) is 12.9. The van der Waals surface area contributed by atoms with Crippen LogP contribution >= 0.6 is 0 Å². The number of halogens is 1. The number of hydrogen-bond acceptors (Lipinski definition) is 5. The lowest BCUT2D eigenvalue weighted by Crippen LogP contribution is -2.29. The molecule has 1 amide bonds. The molecule has 4 aromatic rings. The monoisotopic (exact) mass is 548 g/mol. The van der Waals surface area contributed by atoms with E-state index in [1.54, 1.807) is 48.5 Å². The summed E-state index contributed by atoms with van der Waals surface area (Å²) < 4.78 is 50.7. The first-order chi connectivity index (χ1) is 18.8. The molecule has 1 N–H and O–H groups in total.